The van der Waals surface area contributed by atoms with Gasteiger partial charge < -0.3 is 14.4 Å². The van der Waals surface area contributed by atoms with Crippen LogP contribution in [0, 0.1) is 5.41 Å². The molecule has 1 aromatic carbocycles. The van der Waals surface area contributed by atoms with Crippen molar-refractivity contribution in [2.75, 3.05) is 27.8 Å². The molecule has 27 heavy (non-hydrogen) atoms. The van der Waals surface area contributed by atoms with Crippen LogP contribution >= 0.6 is 0 Å². The van der Waals surface area contributed by atoms with Gasteiger partial charge in [0.1, 0.15) is 0 Å². The first-order valence-electron chi connectivity index (χ1n) is 10.1. The standard InChI is InChI=1S/C22H31F2NO2/c1-25-12-11-21(16-5-6-17(26-2)18(13-16)27-3)10-9-20(14-19(21)25)7-4-8-22(23,24)15-20/h5-6,13,19H,4,7-12,14-15H2,1-3H3/t19-,20?,21-/m0/s1. The molecule has 1 aliphatic heterocycles. The molecule has 2 aliphatic carbocycles. The minimum Gasteiger partial charge on any atom is -0.493 e. The second-order valence-corrected chi connectivity index (χ2v) is 9.06. The fourth-order valence-electron chi connectivity index (χ4n) is 6.23. The molecule has 4 rings (SSSR count). The van der Waals surface area contributed by atoms with Gasteiger partial charge in [0.25, 0.3) is 0 Å². The first-order valence-corrected chi connectivity index (χ1v) is 10.1. The smallest absolute Gasteiger partial charge is 0.248 e. The highest BCUT2D eigenvalue weighted by Crippen LogP contribution is 2.60. The molecule has 0 radical (unpaired) electrons. The lowest BCUT2D eigenvalue weighted by molar-refractivity contribution is -0.104. The number of hydrogen-bond acceptors (Lipinski definition) is 3. The summed E-state index contributed by atoms with van der Waals surface area (Å²) in [4.78, 5) is 2.41. The van der Waals surface area contributed by atoms with Crippen LogP contribution < -0.4 is 9.47 Å². The summed E-state index contributed by atoms with van der Waals surface area (Å²) in [7, 11) is 5.47. The topological polar surface area (TPSA) is 21.7 Å². The Morgan fingerprint density at radius 3 is 2.48 bits per heavy atom. The van der Waals surface area contributed by atoms with Crippen LogP contribution in [0.25, 0.3) is 0 Å². The van der Waals surface area contributed by atoms with Gasteiger partial charge in [-0.05, 0) is 75.2 Å². The molecule has 0 amide bonds. The van der Waals surface area contributed by atoms with Crippen molar-refractivity contribution in [2.45, 2.75) is 68.7 Å². The molecule has 0 bridgehead atoms. The highest BCUT2D eigenvalue weighted by atomic mass is 19.3. The summed E-state index contributed by atoms with van der Waals surface area (Å²) in [6.07, 6.45) is 5.60. The van der Waals surface area contributed by atoms with E-state index in [0.29, 0.717) is 12.5 Å². The van der Waals surface area contributed by atoms with E-state index < -0.39 is 5.92 Å². The molecule has 3 atom stereocenters. The minimum absolute atomic E-state index is 0.0340. The van der Waals surface area contributed by atoms with E-state index in [9.17, 15) is 8.78 Å². The Morgan fingerprint density at radius 2 is 1.78 bits per heavy atom. The van der Waals surface area contributed by atoms with Gasteiger partial charge in [-0.15, -0.1) is 0 Å². The van der Waals surface area contributed by atoms with Crippen molar-refractivity contribution < 1.29 is 18.3 Å². The average molecular weight is 379 g/mol. The summed E-state index contributed by atoms with van der Waals surface area (Å²) in [5.41, 5.74) is 1.11. The highest BCUT2D eigenvalue weighted by molar-refractivity contribution is 5.46. The molecule has 3 aliphatic rings. The van der Waals surface area contributed by atoms with Gasteiger partial charge in [-0.25, -0.2) is 8.78 Å². The van der Waals surface area contributed by atoms with Crippen LogP contribution in [0.15, 0.2) is 18.2 Å². The van der Waals surface area contributed by atoms with Crippen LogP contribution in [0.1, 0.15) is 56.9 Å². The number of likely N-dealkylation sites (tertiary alicyclic amines) is 1. The molecule has 3 fully saturated rings. The van der Waals surface area contributed by atoms with E-state index in [2.05, 4.69) is 24.1 Å². The van der Waals surface area contributed by atoms with Crippen molar-refractivity contribution in [2.24, 2.45) is 5.41 Å². The van der Waals surface area contributed by atoms with Crippen LogP contribution in [-0.4, -0.2) is 44.7 Å². The van der Waals surface area contributed by atoms with Gasteiger partial charge in [-0.1, -0.05) is 6.07 Å². The zero-order valence-corrected chi connectivity index (χ0v) is 16.7. The van der Waals surface area contributed by atoms with Crippen LogP contribution in [0.3, 0.4) is 0 Å². The van der Waals surface area contributed by atoms with Crippen molar-refractivity contribution in [3.63, 3.8) is 0 Å². The summed E-state index contributed by atoms with van der Waals surface area (Å²) in [5.74, 6) is -0.999. The van der Waals surface area contributed by atoms with E-state index in [1.807, 2.05) is 6.07 Å². The van der Waals surface area contributed by atoms with E-state index in [-0.39, 0.29) is 23.7 Å². The maximum Gasteiger partial charge on any atom is 0.248 e. The number of methoxy groups -OCH3 is 2. The Morgan fingerprint density at radius 1 is 1.00 bits per heavy atom. The molecule has 150 valence electrons. The van der Waals surface area contributed by atoms with E-state index in [1.54, 1.807) is 14.2 Å². The molecular weight excluding hydrogens is 348 g/mol. The summed E-state index contributed by atoms with van der Waals surface area (Å²) in [6, 6.07) is 6.56. The van der Waals surface area contributed by atoms with E-state index in [4.69, 9.17) is 9.47 Å². The summed E-state index contributed by atoms with van der Waals surface area (Å²) in [6.45, 7) is 1.02. The molecular formula is C22H31F2NO2. The number of hydrogen-bond donors (Lipinski definition) is 0. The van der Waals surface area contributed by atoms with Crippen LogP contribution in [-0.2, 0) is 5.41 Å². The van der Waals surface area contributed by atoms with Gasteiger partial charge in [0.2, 0.25) is 5.92 Å². The summed E-state index contributed by atoms with van der Waals surface area (Å²) < 4.78 is 39.4. The summed E-state index contributed by atoms with van der Waals surface area (Å²) in [5, 5.41) is 0. The molecule has 5 heteroatoms. The lowest BCUT2D eigenvalue weighted by atomic mass is 9.55. The highest BCUT2D eigenvalue weighted by Gasteiger charge is 2.57. The molecule has 1 unspecified atom stereocenters. The third-order valence-electron chi connectivity index (χ3n) is 7.65. The van der Waals surface area contributed by atoms with Gasteiger partial charge in [-0.2, -0.15) is 0 Å². The van der Waals surface area contributed by atoms with Crippen molar-refractivity contribution in [3.8, 4) is 11.5 Å². The maximum absolute atomic E-state index is 14.2. The number of fused-ring (bicyclic) bond motifs is 1. The van der Waals surface area contributed by atoms with Gasteiger partial charge in [-0.3, -0.25) is 0 Å². The third kappa shape index (κ3) is 3.12. The third-order valence-corrected chi connectivity index (χ3v) is 7.65. The zero-order chi connectivity index (χ0) is 19.3. The fraction of sp³-hybridized carbons (Fsp3) is 0.727. The number of rotatable bonds is 3. The first kappa shape index (κ1) is 19.0. The SMILES string of the molecule is COc1ccc([C@]23CCN(C)[C@H]2CC2(CCCC(F)(F)C2)CC3)cc1OC. The molecule has 3 nitrogen and oxygen atoms in total. The van der Waals surface area contributed by atoms with Crippen molar-refractivity contribution in [1.82, 2.24) is 4.90 Å². The maximum atomic E-state index is 14.2. The van der Waals surface area contributed by atoms with E-state index in [1.165, 1.54) is 5.56 Å². The van der Waals surface area contributed by atoms with Crippen LogP contribution in [0.5, 0.6) is 11.5 Å². The Kier molecular flexibility index (Phi) is 4.65. The second kappa shape index (κ2) is 6.61. The molecule has 1 saturated heterocycles. The lowest BCUT2D eigenvalue weighted by Crippen LogP contribution is -2.51. The first-order chi connectivity index (χ1) is 12.8. The number of alkyl halides is 2. The molecule has 1 heterocycles. The predicted molar refractivity (Wildman–Crippen MR) is 102 cm³/mol. The van der Waals surface area contributed by atoms with E-state index >= 15 is 0 Å². The van der Waals surface area contributed by atoms with Crippen LogP contribution in [0.4, 0.5) is 8.78 Å². The molecule has 1 aromatic rings. The van der Waals surface area contributed by atoms with Crippen molar-refractivity contribution in [3.05, 3.63) is 23.8 Å². The van der Waals surface area contributed by atoms with Crippen LogP contribution in [0.2, 0.25) is 0 Å². The lowest BCUT2D eigenvalue weighted by Gasteiger charge is -2.53. The second-order valence-electron chi connectivity index (χ2n) is 9.06. The summed E-state index contributed by atoms with van der Waals surface area (Å²) >= 11 is 0. The Balaban J connectivity index is 1.67. The van der Waals surface area contributed by atoms with Crippen molar-refractivity contribution in [1.29, 1.82) is 0 Å². The number of likely N-dealkylation sites (N-methyl/N-ethyl adjacent to an activating group) is 1. The van der Waals surface area contributed by atoms with E-state index in [0.717, 1.165) is 50.1 Å². The molecule has 0 aromatic heterocycles. The fourth-order valence-corrected chi connectivity index (χ4v) is 6.23. The number of ether oxygens (including phenoxy) is 2. The normalized spacial score (nSPS) is 35.8. The van der Waals surface area contributed by atoms with Gasteiger partial charge >= 0.3 is 0 Å². The van der Waals surface area contributed by atoms with Crippen molar-refractivity contribution >= 4 is 0 Å². The minimum atomic E-state index is -2.49. The molecule has 2 saturated carbocycles. The number of nitrogens with zero attached hydrogens (tertiary/aromatic N) is 1. The average Bonchev–Trinajstić information content (AvgIpc) is 2.97. The van der Waals surface area contributed by atoms with Gasteiger partial charge in [0.15, 0.2) is 11.5 Å². The quantitative estimate of drug-likeness (QED) is 0.736. The largest absolute Gasteiger partial charge is 0.493 e. The number of halogens is 2. The number of benzene rings is 1. The Hall–Kier alpha value is -1.36. The van der Waals surface area contributed by atoms with Gasteiger partial charge in [0, 0.05) is 24.3 Å². The predicted octanol–water partition coefficient (Wildman–Crippen LogP) is 5.03. The molecule has 0 N–H and O–H groups in total. The Bertz CT molecular complexity index is 710. The van der Waals surface area contributed by atoms with Gasteiger partial charge in [0.05, 0.1) is 14.2 Å². The molecule has 1 spiro atoms. The Labute approximate surface area is 161 Å². The monoisotopic (exact) mass is 379 g/mol. The zero-order valence-electron chi connectivity index (χ0n) is 16.7.